The second-order valence-electron chi connectivity index (χ2n) is 16.4. The van der Waals surface area contributed by atoms with Crippen molar-refractivity contribution in [2.45, 2.75) is 63.2 Å². The number of para-hydroxylation sites is 4. The summed E-state index contributed by atoms with van der Waals surface area (Å²) >= 11 is 0. The molecule has 4 unspecified atom stereocenters. The molecule has 0 radical (unpaired) electrons. The predicted molar refractivity (Wildman–Crippen MR) is 207 cm³/mol. The molecule has 0 amide bonds. The number of benzene rings is 2. The highest BCUT2D eigenvalue weighted by molar-refractivity contribution is 5.90. The molecule has 0 fully saturated rings. The van der Waals surface area contributed by atoms with Crippen LogP contribution in [0.3, 0.4) is 0 Å². The van der Waals surface area contributed by atoms with Gasteiger partial charge >= 0.3 is 0 Å². The number of hydrogen-bond donors (Lipinski definition) is 0. The fourth-order valence-electron chi connectivity index (χ4n) is 11.0. The first-order valence-corrected chi connectivity index (χ1v) is 19.3. The van der Waals surface area contributed by atoms with Gasteiger partial charge in [0.1, 0.15) is 0 Å². The van der Waals surface area contributed by atoms with Crippen LogP contribution in [0.2, 0.25) is 0 Å². The highest BCUT2D eigenvalue weighted by Gasteiger charge is 2.41. The van der Waals surface area contributed by atoms with Crippen LogP contribution in [-0.2, 0) is 0 Å². The molecule has 2 aromatic carbocycles. The molecule has 9 aliphatic rings. The molecule has 0 aliphatic heterocycles. The molecule has 0 N–H and O–H groups in total. The summed E-state index contributed by atoms with van der Waals surface area (Å²) in [7, 11) is 0. The number of hydrogen-bond acceptors (Lipinski definition) is 4. The fraction of sp³-hybridized carbons (Fsp3) is 0.250. The SMILES string of the molecule is C1=CC2CC3=C4C=C2CC2=C1CC1C(=C2)CC2=CC5=C(C=CC6CC(=C(C=C6C5)C4)c4nc5ccccc5nc43)CC2c2nc3ccccc3nc21. The molecule has 0 saturated carbocycles. The van der Waals surface area contributed by atoms with Crippen molar-refractivity contribution in [1.29, 1.82) is 0 Å². The van der Waals surface area contributed by atoms with Crippen molar-refractivity contribution < 1.29 is 0 Å². The number of rotatable bonds is 0. The Morgan fingerprint density at radius 2 is 0.846 bits per heavy atom. The van der Waals surface area contributed by atoms with Crippen LogP contribution in [0.4, 0.5) is 0 Å². The highest BCUT2D eigenvalue weighted by atomic mass is 14.9. The van der Waals surface area contributed by atoms with Crippen molar-refractivity contribution in [2.75, 3.05) is 0 Å². The van der Waals surface area contributed by atoms with Gasteiger partial charge in [-0.15, -0.1) is 0 Å². The zero-order valence-electron chi connectivity index (χ0n) is 29.0. The third-order valence-corrected chi connectivity index (χ3v) is 13.6. The van der Waals surface area contributed by atoms with Crippen molar-refractivity contribution in [3.63, 3.8) is 0 Å². The Morgan fingerprint density at radius 1 is 0.404 bits per heavy atom. The minimum absolute atomic E-state index is 0.243. The van der Waals surface area contributed by atoms with E-state index in [1.54, 1.807) is 11.1 Å². The monoisotopic (exact) mass is 668 g/mol. The van der Waals surface area contributed by atoms with Gasteiger partial charge in [-0.25, -0.2) is 19.9 Å². The van der Waals surface area contributed by atoms with Crippen LogP contribution in [0.5, 0.6) is 0 Å². The number of nitrogens with zero attached hydrogens (tertiary/aromatic N) is 4. The maximum Gasteiger partial charge on any atom is 0.0932 e. The number of fused-ring (bicyclic) bond motifs is 8. The zero-order valence-corrected chi connectivity index (χ0v) is 29.0. The first-order chi connectivity index (χ1) is 25.7. The third-order valence-electron chi connectivity index (χ3n) is 13.6. The molecule has 2 heterocycles. The summed E-state index contributed by atoms with van der Waals surface area (Å²) < 4.78 is 0. The van der Waals surface area contributed by atoms with Crippen LogP contribution in [0.25, 0.3) is 33.2 Å². The molecule has 9 aliphatic carbocycles. The molecule has 4 heteroatoms. The van der Waals surface area contributed by atoms with E-state index in [9.17, 15) is 0 Å². The Labute approximate surface area is 302 Å². The lowest BCUT2D eigenvalue weighted by atomic mass is 9.76. The standard InChI is InChI=1S/C48H36N4/c1-2-6-42-41(5-1)49-45-37-21-25-9-10-27-23-39-35-17-31(27)13-29(25)15-33(37)19-34-16-30-14-32-18-36(20-35)40(48-47(39)51-43-7-3-4-8-44(43)52-48)24-28(32)12-11-26(30)22-38(34)46(45)50-42/h1-12,15-18,25-26,39-40H,13-14,19-24H2. The van der Waals surface area contributed by atoms with Crippen LogP contribution in [0.15, 0.2) is 153 Å². The van der Waals surface area contributed by atoms with Crippen molar-refractivity contribution in [2.24, 2.45) is 11.8 Å². The van der Waals surface area contributed by atoms with E-state index in [4.69, 9.17) is 19.9 Å². The van der Waals surface area contributed by atoms with Gasteiger partial charge in [0.2, 0.25) is 0 Å². The topological polar surface area (TPSA) is 51.6 Å². The third kappa shape index (κ3) is 3.93. The average molecular weight is 669 g/mol. The maximum atomic E-state index is 5.49. The highest BCUT2D eigenvalue weighted by Crippen LogP contribution is 2.55. The molecule has 4 aromatic rings. The van der Waals surface area contributed by atoms with Gasteiger partial charge in [0.15, 0.2) is 0 Å². The molecule has 13 rings (SSSR count). The van der Waals surface area contributed by atoms with Crippen molar-refractivity contribution in [1.82, 2.24) is 19.9 Å². The fourth-order valence-corrected chi connectivity index (χ4v) is 11.0. The van der Waals surface area contributed by atoms with Crippen LogP contribution in [-0.4, -0.2) is 19.9 Å². The Bertz CT molecular complexity index is 2570. The van der Waals surface area contributed by atoms with Crippen molar-refractivity contribution in [3.8, 4) is 0 Å². The summed E-state index contributed by atoms with van der Waals surface area (Å²) in [5, 5.41) is 0. The van der Waals surface area contributed by atoms with E-state index >= 15 is 0 Å². The lowest BCUT2D eigenvalue weighted by molar-refractivity contribution is 0.711. The molecule has 0 spiro atoms. The Morgan fingerprint density at radius 3 is 1.33 bits per heavy atom. The molecule has 52 heavy (non-hydrogen) atoms. The molecule has 2 aromatic heterocycles. The molecular formula is C48H36N4. The van der Waals surface area contributed by atoms with Gasteiger partial charge in [-0.3, -0.25) is 0 Å². The Balaban J connectivity index is 1.08. The van der Waals surface area contributed by atoms with Gasteiger partial charge in [-0.05, 0) is 120 Å². The number of allylic oxidation sites excluding steroid dienone is 20. The van der Waals surface area contributed by atoms with Gasteiger partial charge in [0, 0.05) is 23.7 Å². The summed E-state index contributed by atoms with van der Waals surface area (Å²) in [5.41, 5.74) is 26.4. The summed E-state index contributed by atoms with van der Waals surface area (Å²) in [6, 6.07) is 16.9. The first-order valence-electron chi connectivity index (χ1n) is 19.3. The number of aromatic nitrogens is 4. The molecule has 4 nitrogen and oxygen atoms in total. The van der Waals surface area contributed by atoms with E-state index in [1.807, 2.05) is 0 Å². The quantitative estimate of drug-likeness (QED) is 0.187. The van der Waals surface area contributed by atoms with E-state index in [0.717, 1.165) is 84.8 Å². The summed E-state index contributed by atoms with van der Waals surface area (Å²) in [4.78, 5) is 21.9. The van der Waals surface area contributed by atoms with E-state index in [1.165, 1.54) is 67.1 Å². The largest absolute Gasteiger partial charge is 0.249 e. The smallest absolute Gasteiger partial charge is 0.0932 e. The van der Waals surface area contributed by atoms with Crippen LogP contribution >= 0.6 is 0 Å². The normalized spacial score (nSPS) is 27.4. The van der Waals surface area contributed by atoms with E-state index < -0.39 is 0 Å². The van der Waals surface area contributed by atoms with Gasteiger partial charge in [0.05, 0.1) is 44.8 Å². The molecule has 8 bridgehead atoms. The van der Waals surface area contributed by atoms with Crippen LogP contribution in [0, 0.1) is 11.8 Å². The van der Waals surface area contributed by atoms with Crippen LogP contribution in [0.1, 0.15) is 86.0 Å². The Hall–Kier alpha value is -5.48. The van der Waals surface area contributed by atoms with Crippen molar-refractivity contribution >= 4 is 33.2 Å². The van der Waals surface area contributed by atoms with Gasteiger partial charge in [-0.1, -0.05) is 95.2 Å². The summed E-state index contributed by atoms with van der Waals surface area (Å²) in [6.45, 7) is 0. The second kappa shape index (κ2) is 10.1. The Kier molecular flexibility index (Phi) is 5.47. The van der Waals surface area contributed by atoms with E-state index in [-0.39, 0.29) is 11.8 Å². The van der Waals surface area contributed by atoms with E-state index in [0.29, 0.717) is 11.8 Å². The first kappa shape index (κ1) is 28.1. The molecule has 248 valence electrons. The lowest BCUT2D eigenvalue weighted by Gasteiger charge is -2.29. The van der Waals surface area contributed by atoms with Crippen molar-refractivity contribution in [3.05, 3.63) is 176 Å². The minimum atomic E-state index is 0.243. The second-order valence-corrected chi connectivity index (χ2v) is 16.4. The van der Waals surface area contributed by atoms with Crippen LogP contribution < -0.4 is 0 Å². The summed E-state index contributed by atoms with van der Waals surface area (Å²) in [5.74, 6) is 1.18. The average Bonchev–Trinajstić information content (AvgIpc) is 3.55. The predicted octanol–water partition coefficient (Wildman–Crippen LogP) is 10.8. The molecular weight excluding hydrogens is 633 g/mol. The summed E-state index contributed by atoms with van der Waals surface area (Å²) in [6.07, 6.45) is 28.2. The zero-order chi connectivity index (χ0) is 33.7. The molecule has 4 atom stereocenters. The molecule has 0 saturated heterocycles. The maximum absolute atomic E-state index is 5.49. The van der Waals surface area contributed by atoms with Gasteiger partial charge in [-0.2, -0.15) is 0 Å². The van der Waals surface area contributed by atoms with Gasteiger partial charge in [0.25, 0.3) is 0 Å². The lowest BCUT2D eigenvalue weighted by Crippen LogP contribution is -2.15. The van der Waals surface area contributed by atoms with E-state index in [2.05, 4.69) is 97.1 Å². The minimum Gasteiger partial charge on any atom is -0.249 e. The van der Waals surface area contributed by atoms with Gasteiger partial charge < -0.3 is 0 Å².